The number of pyridine rings is 1. The van der Waals surface area contributed by atoms with E-state index < -0.39 is 0 Å². The molecule has 0 bridgehead atoms. The molecule has 33 heavy (non-hydrogen) atoms. The molecule has 1 amide bonds. The highest BCUT2D eigenvalue weighted by Gasteiger charge is 2.18. The Hall–Kier alpha value is -3.94. The standard InChI is InChI=1S/C25H27N5O3/c1-4-29-17(2)19(12-13-23(31)27-16-18-9-7-8-14-26-18)25(32)30-24(29)15-21(28-30)20-10-5-6-11-22(20)33-3/h5-11,14-15H,4,12-13,16H2,1-3H3,(H,27,31). The maximum atomic E-state index is 13.3. The molecule has 1 N–H and O–H groups in total. The molecule has 4 rings (SSSR count). The Balaban J connectivity index is 1.62. The van der Waals surface area contributed by atoms with Gasteiger partial charge in [-0.2, -0.15) is 9.61 Å². The highest BCUT2D eigenvalue weighted by molar-refractivity contribution is 5.76. The first-order chi connectivity index (χ1) is 16.0. The number of aromatic nitrogens is 4. The molecule has 3 heterocycles. The molecule has 8 heteroatoms. The van der Waals surface area contributed by atoms with Gasteiger partial charge in [-0.05, 0) is 44.5 Å². The molecule has 0 saturated carbocycles. The second kappa shape index (κ2) is 9.68. The van der Waals surface area contributed by atoms with E-state index in [-0.39, 0.29) is 17.9 Å². The second-order valence-corrected chi connectivity index (χ2v) is 7.71. The fraction of sp³-hybridized carbons (Fsp3) is 0.280. The quantitative estimate of drug-likeness (QED) is 0.450. The molecule has 0 aliphatic carbocycles. The number of carbonyl (C=O) groups is 1. The van der Waals surface area contributed by atoms with Crippen molar-refractivity contribution in [3.63, 3.8) is 0 Å². The smallest absolute Gasteiger partial charge is 0.277 e. The van der Waals surface area contributed by atoms with Gasteiger partial charge in [-0.3, -0.25) is 14.6 Å². The molecular formula is C25H27N5O3. The van der Waals surface area contributed by atoms with Crippen molar-refractivity contribution in [2.45, 2.75) is 39.8 Å². The number of rotatable bonds is 8. The molecule has 0 aliphatic rings. The Morgan fingerprint density at radius 2 is 1.94 bits per heavy atom. The van der Waals surface area contributed by atoms with Gasteiger partial charge in [0.05, 0.1) is 25.0 Å². The zero-order valence-electron chi connectivity index (χ0n) is 19.0. The minimum absolute atomic E-state index is 0.127. The Morgan fingerprint density at radius 3 is 2.67 bits per heavy atom. The summed E-state index contributed by atoms with van der Waals surface area (Å²) in [5.41, 5.74) is 4.22. The van der Waals surface area contributed by atoms with Gasteiger partial charge in [0.25, 0.3) is 5.56 Å². The van der Waals surface area contributed by atoms with E-state index in [4.69, 9.17) is 4.74 Å². The largest absolute Gasteiger partial charge is 0.496 e. The van der Waals surface area contributed by atoms with Gasteiger partial charge < -0.3 is 14.6 Å². The van der Waals surface area contributed by atoms with Crippen LogP contribution in [0.5, 0.6) is 5.75 Å². The van der Waals surface area contributed by atoms with Gasteiger partial charge in [0, 0.05) is 42.0 Å². The first-order valence-corrected chi connectivity index (χ1v) is 11.0. The number of benzene rings is 1. The maximum Gasteiger partial charge on any atom is 0.277 e. The zero-order chi connectivity index (χ0) is 23.4. The van der Waals surface area contributed by atoms with Gasteiger partial charge in [-0.1, -0.05) is 18.2 Å². The SMILES string of the molecule is CCn1c(C)c(CCC(=O)NCc2ccccn2)c(=O)n2nc(-c3ccccc3OC)cc12. The molecule has 3 aromatic heterocycles. The van der Waals surface area contributed by atoms with Gasteiger partial charge in [0.2, 0.25) is 5.91 Å². The lowest BCUT2D eigenvalue weighted by Crippen LogP contribution is -2.28. The average Bonchev–Trinajstić information content (AvgIpc) is 3.29. The van der Waals surface area contributed by atoms with Crippen LogP contribution < -0.4 is 15.6 Å². The highest BCUT2D eigenvalue weighted by Crippen LogP contribution is 2.29. The topological polar surface area (TPSA) is 90.5 Å². The number of para-hydroxylation sites is 1. The number of ether oxygens (including phenoxy) is 1. The number of nitrogens with zero attached hydrogens (tertiary/aromatic N) is 4. The zero-order valence-corrected chi connectivity index (χ0v) is 19.0. The molecule has 170 valence electrons. The van der Waals surface area contributed by atoms with Crippen LogP contribution in [0.2, 0.25) is 0 Å². The van der Waals surface area contributed by atoms with Crippen molar-refractivity contribution in [3.05, 3.63) is 82.0 Å². The molecule has 8 nitrogen and oxygen atoms in total. The van der Waals surface area contributed by atoms with Crippen molar-refractivity contribution < 1.29 is 9.53 Å². The number of nitrogens with one attached hydrogen (secondary N) is 1. The predicted molar refractivity (Wildman–Crippen MR) is 126 cm³/mol. The summed E-state index contributed by atoms with van der Waals surface area (Å²) in [4.78, 5) is 29.9. The Kier molecular flexibility index (Phi) is 6.53. The first-order valence-electron chi connectivity index (χ1n) is 11.0. The van der Waals surface area contributed by atoms with Crippen LogP contribution in [0.1, 0.15) is 30.3 Å². The number of carbonyl (C=O) groups excluding carboxylic acids is 1. The van der Waals surface area contributed by atoms with E-state index in [9.17, 15) is 9.59 Å². The second-order valence-electron chi connectivity index (χ2n) is 7.71. The summed E-state index contributed by atoms with van der Waals surface area (Å²) in [6, 6.07) is 15.1. The Bertz CT molecular complexity index is 1340. The minimum Gasteiger partial charge on any atom is -0.496 e. The fourth-order valence-electron chi connectivity index (χ4n) is 4.02. The summed E-state index contributed by atoms with van der Waals surface area (Å²) in [6.45, 7) is 4.97. The van der Waals surface area contributed by atoms with Gasteiger partial charge in [0.15, 0.2) is 0 Å². The third-order valence-corrected chi connectivity index (χ3v) is 5.75. The fourth-order valence-corrected chi connectivity index (χ4v) is 4.02. The van der Waals surface area contributed by atoms with Gasteiger partial charge in [-0.25, -0.2) is 0 Å². The summed E-state index contributed by atoms with van der Waals surface area (Å²) in [6.07, 6.45) is 2.23. The van der Waals surface area contributed by atoms with E-state index in [1.165, 1.54) is 4.52 Å². The number of aryl methyl sites for hydroxylation is 1. The highest BCUT2D eigenvalue weighted by atomic mass is 16.5. The monoisotopic (exact) mass is 445 g/mol. The van der Waals surface area contributed by atoms with E-state index in [2.05, 4.69) is 20.0 Å². The van der Waals surface area contributed by atoms with Crippen molar-refractivity contribution in [2.24, 2.45) is 0 Å². The summed E-state index contributed by atoms with van der Waals surface area (Å²) < 4.78 is 8.95. The Labute approximate surface area is 191 Å². The third kappa shape index (κ3) is 4.50. The van der Waals surface area contributed by atoms with E-state index >= 15 is 0 Å². The normalized spacial score (nSPS) is 11.0. The first kappa shape index (κ1) is 22.3. The van der Waals surface area contributed by atoms with Crippen LogP contribution in [-0.4, -0.2) is 32.2 Å². The predicted octanol–water partition coefficient (Wildman–Crippen LogP) is 3.14. The van der Waals surface area contributed by atoms with Crippen molar-refractivity contribution in [2.75, 3.05) is 7.11 Å². The number of hydrogen-bond acceptors (Lipinski definition) is 5. The van der Waals surface area contributed by atoms with Gasteiger partial charge >= 0.3 is 0 Å². The molecule has 0 spiro atoms. The molecule has 0 fully saturated rings. The van der Waals surface area contributed by atoms with Gasteiger partial charge in [-0.15, -0.1) is 0 Å². The molecular weight excluding hydrogens is 418 g/mol. The lowest BCUT2D eigenvalue weighted by atomic mass is 10.1. The molecule has 0 aliphatic heterocycles. The van der Waals surface area contributed by atoms with Crippen LogP contribution in [0.15, 0.2) is 59.5 Å². The summed E-state index contributed by atoms with van der Waals surface area (Å²) in [5, 5.41) is 7.46. The van der Waals surface area contributed by atoms with Crippen molar-refractivity contribution >= 4 is 11.6 Å². The number of fused-ring (bicyclic) bond motifs is 1. The van der Waals surface area contributed by atoms with Crippen LogP contribution in [0.4, 0.5) is 0 Å². The molecule has 0 unspecified atom stereocenters. The number of amides is 1. The molecule has 1 aromatic carbocycles. The van der Waals surface area contributed by atoms with Crippen LogP contribution in [0.3, 0.4) is 0 Å². The van der Waals surface area contributed by atoms with Crippen LogP contribution >= 0.6 is 0 Å². The molecule has 4 aromatic rings. The van der Waals surface area contributed by atoms with Crippen LogP contribution in [-0.2, 0) is 24.3 Å². The van der Waals surface area contributed by atoms with E-state index in [1.54, 1.807) is 13.3 Å². The number of methoxy groups -OCH3 is 1. The maximum absolute atomic E-state index is 13.3. The molecule has 0 saturated heterocycles. The summed E-state index contributed by atoms with van der Waals surface area (Å²) >= 11 is 0. The number of hydrogen-bond donors (Lipinski definition) is 1. The van der Waals surface area contributed by atoms with Crippen molar-refractivity contribution in [1.82, 2.24) is 24.5 Å². The van der Waals surface area contributed by atoms with Crippen LogP contribution in [0, 0.1) is 6.92 Å². The lowest BCUT2D eigenvalue weighted by molar-refractivity contribution is -0.121. The lowest BCUT2D eigenvalue weighted by Gasteiger charge is -2.14. The average molecular weight is 446 g/mol. The van der Waals surface area contributed by atoms with Crippen molar-refractivity contribution in [1.29, 1.82) is 0 Å². The summed E-state index contributed by atoms with van der Waals surface area (Å²) in [7, 11) is 1.61. The molecule has 0 radical (unpaired) electrons. The van der Waals surface area contributed by atoms with E-state index in [1.807, 2.05) is 62.4 Å². The van der Waals surface area contributed by atoms with E-state index in [0.717, 1.165) is 17.0 Å². The third-order valence-electron chi connectivity index (χ3n) is 5.75. The van der Waals surface area contributed by atoms with Crippen molar-refractivity contribution in [3.8, 4) is 17.0 Å². The summed E-state index contributed by atoms with van der Waals surface area (Å²) in [5.74, 6) is 0.565. The van der Waals surface area contributed by atoms with Crippen LogP contribution in [0.25, 0.3) is 16.9 Å². The minimum atomic E-state index is -0.203. The molecule has 0 atom stereocenters. The Morgan fingerprint density at radius 1 is 1.15 bits per heavy atom. The van der Waals surface area contributed by atoms with E-state index in [0.29, 0.717) is 42.2 Å². The van der Waals surface area contributed by atoms with Gasteiger partial charge in [0.1, 0.15) is 11.4 Å².